The van der Waals surface area contributed by atoms with Gasteiger partial charge in [-0.05, 0) is 85.3 Å². The number of nitrogens with one attached hydrogen (secondary N) is 3. The second-order valence-corrected chi connectivity index (χ2v) is 15.9. The molecule has 15 heteroatoms. The Bertz CT molecular complexity index is 2210. The fourth-order valence-electron chi connectivity index (χ4n) is 8.10. The minimum absolute atomic E-state index is 0.000402. The van der Waals surface area contributed by atoms with E-state index in [-0.39, 0.29) is 49.7 Å². The van der Waals surface area contributed by atoms with Crippen LogP contribution in [0.4, 0.5) is 34.6 Å². The molecule has 316 valence electrons. The lowest BCUT2D eigenvalue weighted by atomic mass is 9.94. The fraction of sp³-hybridized carbons (Fsp3) is 0.455. The van der Waals surface area contributed by atoms with E-state index in [1.807, 2.05) is 55.9 Å². The number of carbonyl (C=O) groups is 2. The van der Waals surface area contributed by atoms with Crippen LogP contribution in [0.5, 0.6) is 5.75 Å². The van der Waals surface area contributed by atoms with E-state index in [0.29, 0.717) is 53.0 Å². The van der Waals surface area contributed by atoms with E-state index in [1.165, 1.54) is 7.11 Å². The lowest BCUT2D eigenvalue weighted by molar-refractivity contribution is -0.140. The van der Waals surface area contributed by atoms with Crippen LogP contribution in [0, 0.1) is 17.8 Å². The van der Waals surface area contributed by atoms with Gasteiger partial charge in [-0.1, -0.05) is 38.0 Å². The molecule has 59 heavy (non-hydrogen) atoms. The third-order valence-electron chi connectivity index (χ3n) is 11.0. The summed E-state index contributed by atoms with van der Waals surface area (Å²) in [5.74, 6) is 5.87. The molecule has 3 heterocycles. The molecule has 0 aliphatic carbocycles. The Morgan fingerprint density at radius 3 is 2.58 bits per heavy atom. The molecule has 0 radical (unpaired) electrons. The number of piperidine rings is 1. The number of rotatable bonds is 11. The first-order valence-corrected chi connectivity index (χ1v) is 19.8. The van der Waals surface area contributed by atoms with Crippen molar-refractivity contribution in [3.63, 3.8) is 0 Å². The normalized spacial score (nSPS) is 19.9. The van der Waals surface area contributed by atoms with Gasteiger partial charge in [-0.3, -0.25) is 9.59 Å². The van der Waals surface area contributed by atoms with Crippen LogP contribution in [-0.2, 0) is 24.3 Å². The highest BCUT2D eigenvalue weighted by molar-refractivity contribution is 5.96. The molecule has 0 spiro atoms. The van der Waals surface area contributed by atoms with Gasteiger partial charge in [0.2, 0.25) is 5.91 Å². The molecule has 4 aromatic rings. The zero-order chi connectivity index (χ0) is 42.6. The molecule has 1 fully saturated rings. The number of hydrogen-bond acceptors (Lipinski definition) is 8. The van der Waals surface area contributed by atoms with Crippen molar-refractivity contribution in [2.75, 3.05) is 70.0 Å². The number of halogens is 4. The number of ether oxygens (including phenoxy) is 1. The average Bonchev–Trinajstić information content (AvgIpc) is 3.52. The van der Waals surface area contributed by atoms with E-state index >= 15 is 0 Å². The molecule has 11 nitrogen and oxygen atoms in total. The van der Waals surface area contributed by atoms with Crippen LogP contribution in [0.1, 0.15) is 47.4 Å². The highest BCUT2D eigenvalue weighted by Crippen LogP contribution is 2.33. The smallest absolute Gasteiger partial charge is 0.406 e. The number of hydrogen-bond donors (Lipinski definition) is 4. The van der Waals surface area contributed by atoms with E-state index in [2.05, 4.69) is 27.8 Å². The number of alkyl halides is 4. The van der Waals surface area contributed by atoms with Crippen molar-refractivity contribution < 1.29 is 37.0 Å². The van der Waals surface area contributed by atoms with E-state index in [9.17, 15) is 32.3 Å². The molecule has 1 saturated heterocycles. The fourth-order valence-corrected chi connectivity index (χ4v) is 8.10. The first-order chi connectivity index (χ1) is 28.1. The molecule has 4 N–H and O–H groups in total. The van der Waals surface area contributed by atoms with Gasteiger partial charge in [0.15, 0.2) is 0 Å². The number of aliphatic hydroxyl groups excluding tert-OH is 1. The summed E-state index contributed by atoms with van der Waals surface area (Å²) in [4.78, 5) is 32.3. The van der Waals surface area contributed by atoms with E-state index < -0.39 is 37.0 Å². The molecule has 4 atom stereocenters. The second kappa shape index (κ2) is 18.2. The van der Waals surface area contributed by atoms with Gasteiger partial charge in [-0.15, -0.1) is 0 Å². The second-order valence-electron chi connectivity index (χ2n) is 15.9. The monoisotopic (exact) mass is 819 g/mol. The van der Waals surface area contributed by atoms with E-state index in [1.54, 1.807) is 54.4 Å². The Labute approximate surface area is 342 Å². The molecule has 6 rings (SSSR count). The maximum atomic E-state index is 14.9. The van der Waals surface area contributed by atoms with Crippen molar-refractivity contribution >= 4 is 39.8 Å². The molecule has 2 aliphatic rings. The first kappa shape index (κ1) is 43.1. The van der Waals surface area contributed by atoms with E-state index in [4.69, 9.17) is 4.74 Å². The summed E-state index contributed by atoms with van der Waals surface area (Å²) in [6.07, 6.45) is -4.62. The summed E-state index contributed by atoms with van der Waals surface area (Å²) in [6.45, 7) is 3.80. The molecular weight excluding hydrogens is 767 g/mol. The van der Waals surface area contributed by atoms with Gasteiger partial charge in [0.25, 0.3) is 5.91 Å². The van der Waals surface area contributed by atoms with Crippen LogP contribution >= 0.6 is 0 Å². The molecule has 2 amide bonds. The molecular formula is C44H53F4N7O4. The summed E-state index contributed by atoms with van der Waals surface area (Å²) in [5, 5.41) is 19.8. The van der Waals surface area contributed by atoms with Crippen molar-refractivity contribution in [1.29, 1.82) is 0 Å². The average molecular weight is 820 g/mol. The zero-order valence-electron chi connectivity index (χ0n) is 34.3. The number of nitrogens with zero attached hydrogens (tertiary/aromatic N) is 4. The largest absolute Gasteiger partial charge is 0.495 e. The Morgan fingerprint density at radius 2 is 1.88 bits per heavy atom. The number of likely N-dealkylation sites (tertiary alicyclic amines) is 1. The van der Waals surface area contributed by atoms with Gasteiger partial charge in [-0.25, -0.2) is 4.39 Å². The van der Waals surface area contributed by atoms with Crippen molar-refractivity contribution in [2.24, 2.45) is 5.92 Å². The minimum atomic E-state index is -4.51. The molecule has 0 saturated carbocycles. The molecule has 1 unspecified atom stereocenters. The van der Waals surface area contributed by atoms with Gasteiger partial charge in [0.05, 0.1) is 49.2 Å². The van der Waals surface area contributed by atoms with Crippen LogP contribution in [0.2, 0.25) is 0 Å². The number of fused-ring (bicyclic) bond motifs is 2. The number of benzene rings is 3. The standard InChI is InChI=1S/C44H53F4N7O4/c1-27(2)41-42(57)50-31(25-56)20-29-13-12-28(19-39(29)54(41)5)23-53(4)43(58)30-14-15-40(59-6)37(21-30)49-17-8-9-32-22-33-35(51-36-16-18-52(3)24-34(36)45)10-7-11-38(33)55(32)26-44(46,47)48/h7,10-15,19,21-22,27,31,34,36,41,49,51,56H,16-18,20,23-26H2,1-6H3,(H,50,57)/t31-,34-,36?,41-/m0/s1. The highest BCUT2D eigenvalue weighted by Gasteiger charge is 2.33. The van der Waals surface area contributed by atoms with Crippen LogP contribution in [0.25, 0.3) is 10.9 Å². The number of amides is 2. The van der Waals surface area contributed by atoms with Gasteiger partial charge < -0.3 is 45.1 Å². The van der Waals surface area contributed by atoms with Crippen LogP contribution in [-0.4, -0.2) is 116 Å². The summed E-state index contributed by atoms with van der Waals surface area (Å²) >= 11 is 0. The number of aromatic nitrogens is 1. The summed E-state index contributed by atoms with van der Waals surface area (Å²) in [5.41, 5.74) is 4.59. The SMILES string of the molecule is COc1ccc(C(=O)N(C)Cc2ccc3c(c2)N(C)[C@@H](C(C)C)C(=O)N[C@H](CO)C3)cc1NCC#Cc1cc2c(NC3CCN(C)C[C@@H]3F)cccc2n1CC(F)(F)F. The number of likely N-dealkylation sites (N-methyl/N-ethyl adjacent to an activating group) is 1. The van der Waals surface area contributed by atoms with Gasteiger partial charge >= 0.3 is 6.18 Å². The van der Waals surface area contributed by atoms with Crippen LogP contribution in [0.15, 0.2) is 60.7 Å². The molecule has 0 bridgehead atoms. The van der Waals surface area contributed by atoms with Crippen molar-refractivity contribution in [2.45, 2.75) is 70.3 Å². The predicted molar refractivity (Wildman–Crippen MR) is 223 cm³/mol. The number of aliphatic hydroxyl groups is 1. The zero-order valence-corrected chi connectivity index (χ0v) is 34.3. The Hall–Kier alpha value is -5.46. The third kappa shape index (κ3) is 10.1. The summed E-state index contributed by atoms with van der Waals surface area (Å²) in [7, 11) is 6.92. The van der Waals surface area contributed by atoms with Gasteiger partial charge in [0, 0.05) is 56.1 Å². The van der Waals surface area contributed by atoms with Crippen molar-refractivity contribution in [3.05, 3.63) is 83.0 Å². The van der Waals surface area contributed by atoms with E-state index in [0.717, 1.165) is 21.4 Å². The van der Waals surface area contributed by atoms with Gasteiger partial charge in [-0.2, -0.15) is 13.2 Å². The van der Waals surface area contributed by atoms with Crippen molar-refractivity contribution in [3.8, 4) is 17.6 Å². The maximum absolute atomic E-state index is 14.9. The van der Waals surface area contributed by atoms with Crippen LogP contribution < -0.4 is 25.6 Å². The predicted octanol–water partition coefficient (Wildman–Crippen LogP) is 5.90. The number of methoxy groups -OCH3 is 1. The van der Waals surface area contributed by atoms with Crippen LogP contribution in [0.3, 0.4) is 0 Å². The third-order valence-corrected chi connectivity index (χ3v) is 11.0. The number of carbonyl (C=O) groups excluding carboxylic acids is 2. The maximum Gasteiger partial charge on any atom is 0.406 e. The Balaban J connectivity index is 1.19. The lowest BCUT2D eigenvalue weighted by Crippen LogP contribution is -2.54. The molecule has 3 aromatic carbocycles. The minimum Gasteiger partial charge on any atom is -0.495 e. The lowest BCUT2D eigenvalue weighted by Gasteiger charge is -2.37. The topological polar surface area (TPSA) is 114 Å². The number of anilines is 3. The summed E-state index contributed by atoms with van der Waals surface area (Å²) in [6, 6.07) is 16.1. The highest BCUT2D eigenvalue weighted by atomic mass is 19.4. The first-order valence-electron chi connectivity index (χ1n) is 19.8. The molecule has 1 aromatic heterocycles. The Morgan fingerprint density at radius 1 is 1.10 bits per heavy atom. The van der Waals surface area contributed by atoms with Crippen molar-refractivity contribution in [1.82, 2.24) is 19.7 Å². The molecule has 2 aliphatic heterocycles. The quantitative estimate of drug-likeness (QED) is 0.110. The van der Waals surface area contributed by atoms with Gasteiger partial charge in [0.1, 0.15) is 24.5 Å². The Kier molecular flexibility index (Phi) is 13.3. The summed E-state index contributed by atoms with van der Waals surface area (Å²) < 4.78 is 63.1.